The van der Waals surface area contributed by atoms with E-state index >= 15 is 0 Å². The molecule has 0 N–H and O–H groups in total. The Hall–Kier alpha value is -1.66. The van der Waals surface area contributed by atoms with Crippen molar-refractivity contribution in [2.24, 2.45) is 0 Å². The van der Waals surface area contributed by atoms with Gasteiger partial charge in [-0.1, -0.05) is 6.07 Å². The highest BCUT2D eigenvalue weighted by molar-refractivity contribution is 7.12. The van der Waals surface area contributed by atoms with Crippen LogP contribution in [0.3, 0.4) is 0 Å². The van der Waals surface area contributed by atoms with Gasteiger partial charge in [-0.15, -0.1) is 22.7 Å². The van der Waals surface area contributed by atoms with E-state index in [1.807, 2.05) is 17.5 Å². The number of hydrogen-bond donors (Lipinski definition) is 0. The monoisotopic (exact) mass is 248 g/mol. The summed E-state index contributed by atoms with van der Waals surface area (Å²) >= 11 is 3.42. The lowest BCUT2D eigenvalue weighted by Crippen LogP contribution is -1.61. The van der Waals surface area contributed by atoms with Crippen LogP contribution in [0, 0.1) is 18.8 Å². The highest BCUT2D eigenvalue weighted by atomic mass is 32.1. The van der Waals surface area contributed by atoms with Gasteiger partial charge in [-0.05, 0) is 42.3 Å². The van der Waals surface area contributed by atoms with Gasteiger partial charge < -0.3 is 0 Å². The van der Waals surface area contributed by atoms with Crippen molar-refractivity contribution in [1.29, 1.82) is 0 Å². The highest BCUT2D eigenvalue weighted by Gasteiger charge is 1.90. The van der Waals surface area contributed by atoms with Gasteiger partial charge in [0.05, 0.1) is 9.75 Å². The summed E-state index contributed by atoms with van der Waals surface area (Å²) in [6.07, 6.45) is 0.250. The zero-order valence-corrected chi connectivity index (χ0v) is 10.2. The largest absolute Gasteiger partial charge is 0.373 e. The molecule has 0 aliphatic carbocycles. The predicted octanol–water partition coefficient (Wildman–Crippen LogP) is 2.93. The molecule has 0 fully saturated rings. The maximum atomic E-state index is 8.12. The fourth-order valence-electron chi connectivity index (χ4n) is 0.975. The van der Waals surface area contributed by atoms with Gasteiger partial charge in [-0.3, -0.25) is 0 Å². The molecule has 0 saturated heterocycles. The summed E-state index contributed by atoms with van der Waals surface area (Å²) in [6, 6.07) is 8.23. The molecule has 0 radical (unpaired) electrons. The molecule has 2 aromatic heterocycles. The molecule has 2 nitrogen and oxygen atoms in total. The van der Waals surface area contributed by atoms with Crippen molar-refractivity contribution in [1.82, 2.24) is 0 Å². The van der Waals surface area contributed by atoms with Gasteiger partial charge >= 0.3 is 6.15 Å². The first-order valence-corrected chi connectivity index (χ1v) is 6.07. The molecule has 4 heteroatoms. The molecule has 2 heterocycles. The van der Waals surface area contributed by atoms with E-state index in [2.05, 4.69) is 30.9 Å². The summed E-state index contributed by atoms with van der Waals surface area (Å²) in [7, 11) is 0. The number of hydrogen-bond acceptors (Lipinski definition) is 4. The fourth-order valence-corrected chi connectivity index (χ4v) is 2.27. The molecule has 0 saturated carbocycles. The summed E-state index contributed by atoms with van der Waals surface area (Å²) in [6.45, 7) is 2.10. The van der Waals surface area contributed by atoms with Gasteiger partial charge in [-0.25, -0.2) is 0 Å². The Labute approximate surface area is 102 Å². The lowest BCUT2D eigenvalue weighted by atomic mass is 10.4. The van der Waals surface area contributed by atoms with Crippen LogP contribution in [-0.4, -0.2) is 6.15 Å². The summed E-state index contributed by atoms with van der Waals surface area (Å²) in [4.78, 5) is 19.8. The van der Waals surface area contributed by atoms with E-state index in [-0.39, 0.29) is 6.15 Å². The van der Waals surface area contributed by atoms with Crippen LogP contribution in [-0.2, 0) is 9.59 Å². The summed E-state index contributed by atoms with van der Waals surface area (Å²) in [5.41, 5.74) is 0. The first kappa shape index (κ1) is 12.4. The average molecular weight is 248 g/mol. The van der Waals surface area contributed by atoms with Gasteiger partial charge in [0, 0.05) is 4.88 Å². The van der Waals surface area contributed by atoms with E-state index in [0.29, 0.717) is 0 Å². The number of thiophene rings is 2. The van der Waals surface area contributed by atoms with E-state index in [1.54, 1.807) is 22.7 Å². The second-order valence-corrected chi connectivity index (χ2v) is 4.96. The van der Waals surface area contributed by atoms with E-state index < -0.39 is 0 Å². The Morgan fingerprint density at radius 3 is 2.25 bits per heavy atom. The maximum absolute atomic E-state index is 8.12. The number of aryl methyl sites for hydroxylation is 1. The third-order valence-electron chi connectivity index (χ3n) is 1.57. The van der Waals surface area contributed by atoms with Crippen LogP contribution in [0.15, 0.2) is 29.6 Å². The fraction of sp³-hybridized carbons (Fsp3) is 0.0833. The van der Waals surface area contributed by atoms with Crippen molar-refractivity contribution >= 4 is 28.8 Å². The van der Waals surface area contributed by atoms with Crippen LogP contribution in [0.2, 0.25) is 0 Å². The molecule has 0 aliphatic rings. The molecule has 80 valence electrons. The molecule has 2 aromatic rings. The van der Waals surface area contributed by atoms with Gasteiger partial charge in [0.2, 0.25) is 0 Å². The highest BCUT2D eigenvalue weighted by Crippen LogP contribution is 2.14. The Kier molecular flexibility index (Phi) is 5.24. The Bertz CT molecular complexity index is 521. The topological polar surface area (TPSA) is 34.1 Å². The molecule has 0 aromatic carbocycles. The number of carbonyl (C=O) groups excluding carboxylic acids is 2. The molecule has 0 aliphatic heterocycles. The molecule has 0 amide bonds. The van der Waals surface area contributed by atoms with Gasteiger partial charge in [0.15, 0.2) is 0 Å². The second kappa shape index (κ2) is 6.76. The number of rotatable bonds is 0. The molecule has 2 rings (SSSR count). The summed E-state index contributed by atoms with van der Waals surface area (Å²) in [5.74, 6) is 6.28. The zero-order valence-electron chi connectivity index (χ0n) is 8.52. The minimum atomic E-state index is 0.250. The smallest absolute Gasteiger partial charge is 0.186 e. The Balaban J connectivity index is 0.000000386. The first-order chi connectivity index (χ1) is 7.76. The second-order valence-electron chi connectivity index (χ2n) is 2.72. The minimum Gasteiger partial charge on any atom is -0.186 e. The Morgan fingerprint density at radius 1 is 1.06 bits per heavy atom. The van der Waals surface area contributed by atoms with Gasteiger partial charge in [0.25, 0.3) is 0 Å². The lowest BCUT2D eigenvalue weighted by molar-refractivity contribution is -0.191. The van der Waals surface area contributed by atoms with Gasteiger partial charge in [-0.2, -0.15) is 9.59 Å². The standard InChI is InChI=1S/C11H8S2.CO2/c1-9-4-5-11(13-9)7-6-10-3-2-8-12-10;2-1-3/h2-5,8H,1H3;. The Morgan fingerprint density at radius 2 is 1.75 bits per heavy atom. The van der Waals surface area contributed by atoms with Crippen LogP contribution in [0.4, 0.5) is 0 Å². The van der Waals surface area contributed by atoms with E-state index in [1.165, 1.54) is 4.88 Å². The van der Waals surface area contributed by atoms with Crippen molar-refractivity contribution in [3.8, 4) is 11.8 Å². The molecule has 0 atom stereocenters. The van der Waals surface area contributed by atoms with Crippen LogP contribution in [0.1, 0.15) is 14.6 Å². The SMILES string of the molecule is Cc1ccc(C#Cc2cccs2)s1.O=C=O. The normalized spacial score (nSPS) is 8.06. The van der Waals surface area contributed by atoms with E-state index in [4.69, 9.17) is 9.59 Å². The first-order valence-electron chi connectivity index (χ1n) is 4.37. The van der Waals surface area contributed by atoms with Crippen molar-refractivity contribution in [3.05, 3.63) is 44.3 Å². The van der Waals surface area contributed by atoms with Crippen LogP contribution >= 0.6 is 22.7 Å². The van der Waals surface area contributed by atoms with Crippen LogP contribution in [0.25, 0.3) is 0 Å². The molecular formula is C12H8O2S2. The van der Waals surface area contributed by atoms with E-state index in [0.717, 1.165) is 9.75 Å². The average Bonchev–Trinajstić information content (AvgIpc) is 2.87. The minimum absolute atomic E-state index is 0.250. The van der Waals surface area contributed by atoms with Crippen molar-refractivity contribution in [3.63, 3.8) is 0 Å². The van der Waals surface area contributed by atoms with Crippen LogP contribution < -0.4 is 0 Å². The molecule has 16 heavy (non-hydrogen) atoms. The molecule has 0 bridgehead atoms. The predicted molar refractivity (Wildman–Crippen MR) is 64.4 cm³/mol. The van der Waals surface area contributed by atoms with Crippen molar-refractivity contribution in [2.45, 2.75) is 6.92 Å². The van der Waals surface area contributed by atoms with Crippen LogP contribution in [0.5, 0.6) is 0 Å². The van der Waals surface area contributed by atoms with Crippen molar-refractivity contribution in [2.75, 3.05) is 0 Å². The van der Waals surface area contributed by atoms with E-state index in [9.17, 15) is 0 Å². The summed E-state index contributed by atoms with van der Waals surface area (Å²) < 4.78 is 0. The quantitative estimate of drug-likeness (QED) is 0.672. The third kappa shape index (κ3) is 4.24. The van der Waals surface area contributed by atoms with Crippen molar-refractivity contribution < 1.29 is 9.59 Å². The van der Waals surface area contributed by atoms with Gasteiger partial charge in [0.1, 0.15) is 0 Å². The third-order valence-corrected chi connectivity index (χ3v) is 3.27. The lowest BCUT2D eigenvalue weighted by Gasteiger charge is -1.77. The summed E-state index contributed by atoms with van der Waals surface area (Å²) in [5, 5.41) is 2.05. The molecular weight excluding hydrogens is 240 g/mol. The zero-order chi connectivity index (χ0) is 11.8. The molecule has 0 spiro atoms. The maximum Gasteiger partial charge on any atom is 0.373 e. The molecule has 0 unspecified atom stereocenters.